The molecule has 0 unspecified atom stereocenters. The summed E-state index contributed by atoms with van der Waals surface area (Å²) in [6.45, 7) is 3.51. The topological polar surface area (TPSA) is 12.0 Å². The molecular formula is C14H19N. The molecule has 0 saturated carbocycles. The summed E-state index contributed by atoms with van der Waals surface area (Å²) in [7, 11) is 0. The molecule has 1 aliphatic heterocycles. The van der Waals surface area contributed by atoms with E-state index < -0.39 is 0 Å². The molecule has 1 aliphatic carbocycles. The fraction of sp³-hybridized carbons (Fsp3) is 0.571. The summed E-state index contributed by atoms with van der Waals surface area (Å²) in [5.41, 5.74) is 6.40. The van der Waals surface area contributed by atoms with E-state index in [1.54, 1.807) is 22.3 Å². The molecule has 0 spiro atoms. The highest BCUT2D eigenvalue weighted by molar-refractivity contribution is 5.44. The SMILES string of the molecule is Cc1c([C@@H]2CCCN2)ccc2c1CCC2. The average Bonchev–Trinajstić information content (AvgIpc) is 2.87. The summed E-state index contributed by atoms with van der Waals surface area (Å²) in [6.07, 6.45) is 6.62. The van der Waals surface area contributed by atoms with Crippen molar-refractivity contribution in [2.24, 2.45) is 0 Å². The van der Waals surface area contributed by atoms with Gasteiger partial charge in [-0.1, -0.05) is 12.1 Å². The molecule has 80 valence electrons. The molecule has 0 amide bonds. The Labute approximate surface area is 91.9 Å². The molecule has 2 aliphatic rings. The molecule has 0 radical (unpaired) electrons. The normalized spacial score (nSPS) is 24.5. The molecule has 3 rings (SSSR count). The first kappa shape index (κ1) is 9.41. The first-order chi connectivity index (χ1) is 7.36. The van der Waals surface area contributed by atoms with E-state index in [4.69, 9.17) is 0 Å². The third kappa shape index (κ3) is 1.50. The van der Waals surface area contributed by atoms with Crippen LogP contribution in [0.15, 0.2) is 12.1 Å². The first-order valence-corrected chi connectivity index (χ1v) is 6.21. The van der Waals surface area contributed by atoms with E-state index in [-0.39, 0.29) is 0 Å². The number of fused-ring (bicyclic) bond motifs is 1. The van der Waals surface area contributed by atoms with Gasteiger partial charge in [0.25, 0.3) is 0 Å². The van der Waals surface area contributed by atoms with Gasteiger partial charge in [-0.15, -0.1) is 0 Å². The molecule has 1 N–H and O–H groups in total. The number of rotatable bonds is 1. The summed E-state index contributed by atoms with van der Waals surface area (Å²) in [5.74, 6) is 0. The fourth-order valence-corrected chi connectivity index (χ4v) is 3.20. The van der Waals surface area contributed by atoms with Crippen LogP contribution < -0.4 is 5.32 Å². The van der Waals surface area contributed by atoms with E-state index in [1.165, 1.54) is 38.6 Å². The molecule has 0 bridgehead atoms. The predicted octanol–water partition coefficient (Wildman–Crippen LogP) is 2.91. The summed E-state index contributed by atoms with van der Waals surface area (Å²) in [5, 5.41) is 3.60. The van der Waals surface area contributed by atoms with Crippen molar-refractivity contribution in [1.82, 2.24) is 5.32 Å². The van der Waals surface area contributed by atoms with Gasteiger partial charge in [-0.3, -0.25) is 0 Å². The van der Waals surface area contributed by atoms with E-state index in [2.05, 4.69) is 24.4 Å². The lowest BCUT2D eigenvalue weighted by Gasteiger charge is -2.16. The van der Waals surface area contributed by atoms with Gasteiger partial charge in [0, 0.05) is 6.04 Å². The second kappa shape index (κ2) is 3.64. The third-order valence-electron chi connectivity index (χ3n) is 4.05. The number of nitrogens with one attached hydrogen (secondary N) is 1. The minimum Gasteiger partial charge on any atom is -0.310 e. The number of hydrogen-bond donors (Lipinski definition) is 1. The van der Waals surface area contributed by atoms with E-state index in [0.717, 1.165) is 0 Å². The van der Waals surface area contributed by atoms with Gasteiger partial charge in [-0.05, 0) is 67.8 Å². The summed E-state index contributed by atoms with van der Waals surface area (Å²) in [6, 6.07) is 5.36. The van der Waals surface area contributed by atoms with Crippen LogP contribution in [0.25, 0.3) is 0 Å². The van der Waals surface area contributed by atoms with Crippen molar-refractivity contribution in [2.75, 3.05) is 6.54 Å². The van der Waals surface area contributed by atoms with Gasteiger partial charge in [0.05, 0.1) is 0 Å². The lowest BCUT2D eigenvalue weighted by molar-refractivity contribution is 0.642. The van der Waals surface area contributed by atoms with E-state index in [1.807, 2.05) is 0 Å². The van der Waals surface area contributed by atoms with Gasteiger partial charge in [0.2, 0.25) is 0 Å². The van der Waals surface area contributed by atoms with E-state index in [9.17, 15) is 0 Å². The standard InChI is InChI=1S/C14H19N/c1-10-12-5-2-4-11(12)7-8-13(10)14-6-3-9-15-14/h7-8,14-15H,2-6,9H2,1H3/t14-/m0/s1. The second-order valence-electron chi connectivity index (χ2n) is 4.92. The van der Waals surface area contributed by atoms with Gasteiger partial charge >= 0.3 is 0 Å². The molecule has 1 aromatic carbocycles. The summed E-state index contributed by atoms with van der Waals surface area (Å²) < 4.78 is 0. The van der Waals surface area contributed by atoms with Crippen LogP contribution in [0.1, 0.15) is 47.6 Å². The Kier molecular flexibility index (Phi) is 2.28. The average molecular weight is 201 g/mol. The van der Waals surface area contributed by atoms with Crippen LogP contribution in [-0.2, 0) is 12.8 Å². The Hall–Kier alpha value is -0.820. The van der Waals surface area contributed by atoms with Gasteiger partial charge in [-0.2, -0.15) is 0 Å². The zero-order valence-electron chi connectivity index (χ0n) is 9.47. The van der Waals surface area contributed by atoms with Crippen LogP contribution in [-0.4, -0.2) is 6.54 Å². The van der Waals surface area contributed by atoms with Gasteiger partial charge < -0.3 is 5.32 Å². The Morgan fingerprint density at radius 2 is 2.13 bits per heavy atom. The van der Waals surface area contributed by atoms with Crippen LogP contribution in [0.3, 0.4) is 0 Å². The highest BCUT2D eigenvalue weighted by Gasteiger charge is 2.21. The smallest absolute Gasteiger partial charge is 0.0323 e. The number of benzene rings is 1. The third-order valence-corrected chi connectivity index (χ3v) is 4.05. The van der Waals surface area contributed by atoms with Crippen molar-refractivity contribution in [2.45, 2.75) is 45.1 Å². The molecule has 0 aromatic heterocycles. The molecule has 1 saturated heterocycles. The zero-order valence-corrected chi connectivity index (χ0v) is 9.47. The second-order valence-corrected chi connectivity index (χ2v) is 4.92. The maximum absolute atomic E-state index is 3.60. The largest absolute Gasteiger partial charge is 0.310 e. The zero-order chi connectivity index (χ0) is 10.3. The van der Waals surface area contributed by atoms with Crippen LogP contribution >= 0.6 is 0 Å². The fourth-order valence-electron chi connectivity index (χ4n) is 3.20. The molecule has 15 heavy (non-hydrogen) atoms. The Balaban J connectivity index is 2.01. The Bertz CT molecular complexity index is 375. The molecular weight excluding hydrogens is 182 g/mol. The molecule has 1 aromatic rings. The summed E-state index contributed by atoms with van der Waals surface area (Å²) in [4.78, 5) is 0. The number of hydrogen-bond acceptors (Lipinski definition) is 1. The first-order valence-electron chi connectivity index (χ1n) is 6.21. The molecule has 1 heterocycles. The highest BCUT2D eigenvalue weighted by atomic mass is 14.9. The molecule has 1 fully saturated rings. The van der Waals surface area contributed by atoms with Crippen LogP contribution in [0.4, 0.5) is 0 Å². The Morgan fingerprint density at radius 1 is 1.20 bits per heavy atom. The minimum absolute atomic E-state index is 0.635. The van der Waals surface area contributed by atoms with Crippen molar-refractivity contribution >= 4 is 0 Å². The van der Waals surface area contributed by atoms with Crippen molar-refractivity contribution in [3.63, 3.8) is 0 Å². The van der Waals surface area contributed by atoms with Crippen LogP contribution in [0, 0.1) is 6.92 Å². The number of aryl methyl sites for hydroxylation is 1. The highest BCUT2D eigenvalue weighted by Crippen LogP contribution is 2.32. The van der Waals surface area contributed by atoms with Crippen molar-refractivity contribution in [3.05, 3.63) is 34.4 Å². The lowest BCUT2D eigenvalue weighted by Crippen LogP contribution is -2.14. The minimum atomic E-state index is 0.635. The van der Waals surface area contributed by atoms with Crippen LogP contribution in [0.2, 0.25) is 0 Å². The summed E-state index contributed by atoms with van der Waals surface area (Å²) >= 11 is 0. The predicted molar refractivity (Wildman–Crippen MR) is 63.2 cm³/mol. The van der Waals surface area contributed by atoms with Crippen molar-refractivity contribution in [1.29, 1.82) is 0 Å². The van der Waals surface area contributed by atoms with Crippen molar-refractivity contribution in [3.8, 4) is 0 Å². The molecule has 1 heteroatoms. The lowest BCUT2D eigenvalue weighted by atomic mass is 9.93. The van der Waals surface area contributed by atoms with E-state index in [0.29, 0.717) is 6.04 Å². The molecule has 1 nitrogen and oxygen atoms in total. The monoisotopic (exact) mass is 201 g/mol. The van der Waals surface area contributed by atoms with E-state index >= 15 is 0 Å². The van der Waals surface area contributed by atoms with Crippen LogP contribution in [0.5, 0.6) is 0 Å². The van der Waals surface area contributed by atoms with Gasteiger partial charge in [0.1, 0.15) is 0 Å². The van der Waals surface area contributed by atoms with Crippen molar-refractivity contribution < 1.29 is 0 Å². The molecule has 1 atom stereocenters. The van der Waals surface area contributed by atoms with Gasteiger partial charge in [0.15, 0.2) is 0 Å². The van der Waals surface area contributed by atoms with Gasteiger partial charge in [-0.25, -0.2) is 0 Å². The quantitative estimate of drug-likeness (QED) is 0.736. The maximum Gasteiger partial charge on any atom is 0.0323 e. The maximum atomic E-state index is 3.60. The Morgan fingerprint density at radius 3 is 2.93 bits per heavy atom.